The molecular weight excluding hydrogens is 489 g/mol. The molecule has 1 N–H and O–H groups in total. The Morgan fingerprint density at radius 2 is 1.68 bits per heavy atom. The van der Waals surface area contributed by atoms with Gasteiger partial charge in [-0.1, -0.05) is 27.5 Å². The molecule has 0 radical (unpaired) electrons. The second-order valence-electron chi connectivity index (χ2n) is 6.70. The molecule has 9 heteroatoms. The van der Waals surface area contributed by atoms with E-state index in [9.17, 15) is 18.8 Å². The molecule has 0 saturated carbocycles. The molecule has 0 saturated heterocycles. The van der Waals surface area contributed by atoms with E-state index in [-0.39, 0.29) is 11.9 Å². The van der Waals surface area contributed by atoms with Gasteiger partial charge in [0.2, 0.25) is 5.91 Å². The number of fused-ring (bicyclic) bond motifs is 1. The van der Waals surface area contributed by atoms with Gasteiger partial charge in [0.1, 0.15) is 12.4 Å². The maximum absolute atomic E-state index is 13.3. The monoisotopic (exact) mass is 501 g/mol. The summed E-state index contributed by atoms with van der Waals surface area (Å²) in [7, 11) is 0. The summed E-state index contributed by atoms with van der Waals surface area (Å²) >= 11 is 9.27. The fourth-order valence-corrected chi connectivity index (χ4v) is 3.68. The molecule has 6 nitrogen and oxygen atoms in total. The number of carbonyl (C=O) groups is 1. The van der Waals surface area contributed by atoms with Crippen LogP contribution in [0.3, 0.4) is 0 Å². The molecule has 1 amide bonds. The van der Waals surface area contributed by atoms with Crippen molar-refractivity contribution in [3.8, 4) is 5.69 Å². The number of hydrogen-bond acceptors (Lipinski definition) is 3. The Kier molecular flexibility index (Phi) is 5.75. The number of aromatic nitrogens is 2. The predicted molar refractivity (Wildman–Crippen MR) is 122 cm³/mol. The first-order valence-corrected chi connectivity index (χ1v) is 10.3. The average molecular weight is 503 g/mol. The Bertz CT molecular complexity index is 1410. The lowest BCUT2D eigenvalue weighted by atomic mass is 10.2. The first-order valence-electron chi connectivity index (χ1n) is 9.10. The average Bonchev–Trinajstić information content (AvgIpc) is 2.74. The number of rotatable bonds is 4. The molecule has 0 aliphatic rings. The number of carbonyl (C=O) groups excluding carboxylic acids is 1. The Hall–Kier alpha value is -3.23. The minimum absolute atomic E-state index is 0.263. The van der Waals surface area contributed by atoms with Crippen molar-refractivity contribution in [3.05, 3.63) is 103 Å². The van der Waals surface area contributed by atoms with Crippen LogP contribution < -0.4 is 16.6 Å². The van der Waals surface area contributed by atoms with Gasteiger partial charge in [0, 0.05) is 15.2 Å². The maximum Gasteiger partial charge on any atom is 0.336 e. The van der Waals surface area contributed by atoms with Gasteiger partial charge in [-0.3, -0.25) is 14.2 Å². The zero-order valence-corrected chi connectivity index (χ0v) is 18.2. The number of anilines is 1. The van der Waals surface area contributed by atoms with Crippen LogP contribution in [0.25, 0.3) is 16.6 Å². The van der Waals surface area contributed by atoms with Crippen LogP contribution >= 0.6 is 27.5 Å². The first-order chi connectivity index (χ1) is 14.8. The van der Waals surface area contributed by atoms with Crippen molar-refractivity contribution in [1.29, 1.82) is 0 Å². The molecule has 31 heavy (non-hydrogen) atoms. The van der Waals surface area contributed by atoms with Crippen molar-refractivity contribution in [2.45, 2.75) is 6.54 Å². The molecule has 0 fully saturated rings. The molecule has 0 spiro atoms. The second-order valence-corrected chi connectivity index (χ2v) is 8.05. The summed E-state index contributed by atoms with van der Waals surface area (Å²) in [6.07, 6.45) is 0. The van der Waals surface area contributed by atoms with Gasteiger partial charge < -0.3 is 5.32 Å². The molecule has 0 atom stereocenters. The van der Waals surface area contributed by atoms with E-state index < -0.39 is 23.0 Å². The number of hydrogen-bond donors (Lipinski definition) is 1. The van der Waals surface area contributed by atoms with E-state index in [0.29, 0.717) is 26.4 Å². The summed E-state index contributed by atoms with van der Waals surface area (Å²) in [4.78, 5) is 39.0. The normalized spacial score (nSPS) is 10.9. The molecule has 0 aliphatic heterocycles. The van der Waals surface area contributed by atoms with Crippen LogP contribution in [0, 0.1) is 5.82 Å². The van der Waals surface area contributed by atoms with Gasteiger partial charge in [0.25, 0.3) is 5.56 Å². The van der Waals surface area contributed by atoms with Crippen LogP contribution in [-0.4, -0.2) is 15.0 Å². The lowest BCUT2D eigenvalue weighted by Gasteiger charge is -2.14. The number of amides is 1. The van der Waals surface area contributed by atoms with Gasteiger partial charge in [-0.05, 0) is 66.7 Å². The number of nitrogens with zero attached hydrogens (tertiary/aromatic N) is 2. The fourth-order valence-electron chi connectivity index (χ4n) is 3.19. The quantitative estimate of drug-likeness (QED) is 0.451. The molecule has 4 rings (SSSR count). The zero-order chi connectivity index (χ0) is 22.1. The Balaban J connectivity index is 1.84. The van der Waals surface area contributed by atoms with Crippen LogP contribution in [0.1, 0.15) is 0 Å². The number of nitrogens with one attached hydrogen (secondary N) is 1. The van der Waals surface area contributed by atoms with Crippen molar-refractivity contribution in [2.24, 2.45) is 0 Å². The van der Waals surface area contributed by atoms with E-state index in [1.165, 1.54) is 28.8 Å². The lowest BCUT2D eigenvalue weighted by Crippen LogP contribution is -2.40. The van der Waals surface area contributed by atoms with E-state index in [1.807, 2.05) is 0 Å². The Morgan fingerprint density at radius 3 is 2.35 bits per heavy atom. The first kappa shape index (κ1) is 21.0. The summed E-state index contributed by atoms with van der Waals surface area (Å²) < 4.78 is 16.0. The fraction of sp³-hybridized carbons (Fsp3) is 0.0455. The third-order valence-corrected chi connectivity index (χ3v) is 5.36. The van der Waals surface area contributed by atoms with Gasteiger partial charge in [0.15, 0.2) is 0 Å². The van der Waals surface area contributed by atoms with Crippen LogP contribution in [0.15, 0.2) is 80.8 Å². The van der Waals surface area contributed by atoms with Gasteiger partial charge in [0.05, 0.1) is 16.6 Å². The second kappa shape index (κ2) is 8.49. The molecule has 0 unspecified atom stereocenters. The van der Waals surface area contributed by atoms with Crippen molar-refractivity contribution in [1.82, 2.24) is 9.13 Å². The lowest BCUT2D eigenvalue weighted by molar-refractivity contribution is -0.116. The van der Waals surface area contributed by atoms with Crippen LogP contribution in [0.5, 0.6) is 0 Å². The Labute approximate surface area is 188 Å². The standard InChI is InChI=1S/C22H14BrClFN3O3/c23-13-1-10-19-18(11-13)21(30)28(17-8-2-14(24)3-9-17)22(31)27(19)12-20(29)26-16-6-4-15(25)5-7-16/h1-11H,12H2,(H,26,29). The molecule has 3 aromatic carbocycles. The Morgan fingerprint density at radius 1 is 1.00 bits per heavy atom. The van der Waals surface area contributed by atoms with Crippen molar-refractivity contribution < 1.29 is 9.18 Å². The van der Waals surface area contributed by atoms with E-state index in [1.54, 1.807) is 42.5 Å². The van der Waals surface area contributed by atoms with Gasteiger partial charge in [-0.15, -0.1) is 0 Å². The summed E-state index contributed by atoms with van der Waals surface area (Å²) in [6, 6.07) is 16.4. The number of halogens is 3. The van der Waals surface area contributed by atoms with Gasteiger partial charge in [-0.2, -0.15) is 0 Å². The highest BCUT2D eigenvalue weighted by molar-refractivity contribution is 9.10. The molecule has 0 bridgehead atoms. The summed E-state index contributed by atoms with van der Waals surface area (Å²) in [5, 5.41) is 3.34. The van der Waals surface area contributed by atoms with Crippen LogP contribution in [0.2, 0.25) is 5.02 Å². The molecule has 0 aliphatic carbocycles. The van der Waals surface area contributed by atoms with Crippen molar-refractivity contribution in [2.75, 3.05) is 5.32 Å². The topological polar surface area (TPSA) is 73.1 Å². The van der Waals surface area contributed by atoms with E-state index in [2.05, 4.69) is 21.2 Å². The third-order valence-electron chi connectivity index (χ3n) is 4.62. The van der Waals surface area contributed by atoms with Gasteiger partial charge in [-0.25, -0.2) is 13.8 Å². The molecule has 1 aromatic heterocycles. The molecule has 156 valence electrons. The summed E-state index contributed by atoms with van der Waals surface area (Å²) in [5.41, 5.74) is -0.153. The zero-order valence-electron chi connectivity index (χ0n) is 15.8. The predicted octanol–water partition coefficient (Wildman–Crippen LogP) is 4.35. The summed E-state index contributed by atoms with van der Waals surface area (Å²) in [5.74, 6) is -0.930. The van der Waals surface area contributed by atoms with E-state index in [0.717, 1.165) is 4.57 Å². The highest BCUT2D eigenvalue weighted by Gasteiger charge is 2.17. The summed E-state index contributed by atoms with van der Waals surface area (Å²) in [6.45, 7) is -0.345. The van der Waals surface area contributed by atoms with E-state index in [4.69, 9.17) is 11.6 Å². The maximum atomic E-state index is 13.3. The third kappa shape index (κ3) is 4.30. The molecule has 4 aromatic rings. The highest BCUT2D eigenvalue weighted by atomic mass is 79.9. The number of benzene rings is 3. The van der Waals surface area contributed by atoms with Crippen molar-refractivity contribution in [3.63, 3.8) is 0 Å². The smallest absolute Gasteiger partial charge is 0.325 e. The van der Waals surface area contributed by atoms with Crippen LogP contribution in [-0.2, 0) is 11.3 Å². The highest BCUT2D eigenvalue weighted by Crippen LogP contribution is 2.18. The molecular formula is C22H14BrClFN3O3. The van der Waals surface area contributed by atoms with Crippen LogP contribution in [0.4, 0.5) is 10.1 Å². The largest absolute Gasteiger partial charge is 0.336 e. The van der Waals surface area contributed by atoms with E-state index >= 15 is 0 Å². The molecule has 1 heterocycles. The minimum Gasteiger partial charge on any atom is -0.325 e. The van der Waals surface area contributed by atoms with Crippen molar-refractivity contribution >= 4 is 50.0 Å². The minimum atomic E-state index is -0.670. The SMILES string of the molecule is O=C(Cn1c(=O)n(-c2ccc(Cl)cc2)c(=O)c2cc(Br)ccc21)Nc1ccc(F)cc1. The van der Waals surface area contributed by atoms with Gasteiger partial charge >= 0.3 is 5.69 Å².